The number of benzene rings is 1. The number of hydrogen-bond donors (Lipinski definition) is 0. The van der Waals surface area contributed by atoms with E-state index in [0.29, 0.717) is 0 Å². The summed E-state index contributed by atoms with van der Waals surface area (Å²) in [7, 11) is 0. The molecule has 0 bridgehead atoms. The minimum absolute atomic E-state index is 0. The van der Waals surface area contributed by atoms with Crippen LogP contribution in [0.25, 0.3) is 10.1 Å². The van der Waals surface area contributed by atoms with Crippen LogP contribution in [0.1, 0.15) is 13.0 Å². The minimum Gasteiger partial charge on any atom is -0.192 e. The molecule has 0 saturated heterocycles. The second-order valence-corrected chi connectivity index (χ2v) is 3.23. The molecule has 2 aromatic rings. The molecule has 2 rings (SSSR count). The van der Waals surface area contributed by atoms with E-state index in [4.69, 9.17) is 5.26 Å². The number of hydrogen-bond acceptors (Lipinski definition) is 2. The van der Waals surface area contributed by atoms with Crippen LogP contribution < -0.4 is 0 Å². The van der Waals surface area contributed by atoms with Crippen LogP contribution >= 0.6 is 11.3 Å². The molecule has 0 fully saturated rings. The molecule has 1 nitrogen and oxygen atoms in total. The molecule has 1 aromatic heterocycles. The summed E-state index contributed by atoms with van der Waals surface area (Å²) in [5.74, 6) is 0. The zero-order valence-corrected chi connectivity index (χ0v) is 6.56. The Labute approximate surface area is 75.9 Å². The molecule has 1 heterocycles. The van der Waals surface area contributed by atoms with Crippen molar-refractivity contribution >= 4 is 21.4 Å². The van der Waals surface area contributed by atoms with Gasteiger partial charge in [-0.3, -0.25) is 0 Å². The maximum Gasteiger partial charge on any atom is 0.0992 e. The quantitative estimate of drug-likeness (QED) is 0.602. The van der Waals surface area contributed by atoms with Crippen molar-refractivity contribution in [2.45, 2.75) is 7.43 Å². The SMILES string of the molecule is C.N#Cc1ccc2ccsc2c1. The monoisotopic (exact) mass is 175 g/mol. The van der Waals surface area contributed by atoms with Crippen molar-refractivity contribution in [3.63, 3.8) is 0 Å². The molecule has 0 aliphatic carbocycles. The first-order valence-electron chi connectivity index (χ1n) is 3.27. The lowest BCUT2D eigenvalue weighted by atomic mass is 10.2. The van der Waals surface area contributed by atoms with Crippen molar-refractivity contribution in [1.82, 2.24) is 0 Å². The molecule has 0 radical (unpaired) electrons. The standard InChI is InChI=1S/C9H5NS.CH4/c10-6-7-1-2-8-3-4-11-9(8)5-7;/h1-5H;1H4. The van der Waals surface area contributed by atoms with Crippen molar-refractivity contribution in [3.05, 3.63) is 35.2 Å². The number of rotatable bonds is 0. The third-order valence-electron chi connectivity index (χ3n) is 1.59. The molecule has 0 aliphatic heterocycles. The molecular formula is C10H9NS. The van der Waals surface area contributed by atoms with Crippen molar-refractivity contribution < 1.29 is 0 Å². The molecule has 60 valence electrons. The number of thiophene rings is 1. The first-order chi connectivity index (χ1) is 5.40. The predicted octanol–water partition coefficient (Wildman–Crippen LogP) is 3.41. The van der Waals surface area contributed by atoms with E-state index < -0.39 is 0 Å². The summed E-state index contributed by atoms with van der Waals surface area (Å²) >= 11 is 1.67. The number of fused-ring (bicyclic) bond motifs is 1. The van der Waals surface area contributed by atoms with Crippen LogP contribution in [-0.4, -0.2) is 0 Å². The van der Waals surface area contributed by atoms with Gasteiger partial charge in [-0.2, -0.15) is 5.26 Å². The molecule has 0 aliphatic rings. The van der Waals surface area contributed by atoms with Crippen molar-refractivity contribution in [1.29, 1.82) is 5.26 Å². The highest BCUT2D eigenvalue weighted by Crippen LogP contribution is 2.21. The van der Waals surface area contributed by atoms with E-state index in [-0.39, 0.29) is 7.43 Å². The van der Waals surface area contributed by atoms with Gasteiger partial charge in [0.15, 0.2) is 0 Å². The van der Waals surface area contributed by atoms with Crippen LogP contribution in [0.5, 0.6) is 0 Å². The molecule has 0 unspecified atom stereocenters. The van der Waals surface area contributed by atoms with Crippen molar-refractivity contribution in [2.24, 2.45) is 0 Å². The van der Waals surface area contributed by atoms with Gasteiger partial charge < -0.3 is 0 Å². The van der Waals surface area contributed by atoms with Crippen molar-refractivity contribution in [2.75, 3.05) is 0 Å². The Balaban J connectivity index is 0.000000720. The zero-order chi connectivity index (χ0) is 7.68. The fourth-order valence-electron chi connectivity index (χ4n) is 1.02. The maximum atomic E-state index is 8.59. The molecule has 0 saturated carbocycles. The van der Waals surface area contributed by atoms with Crippen LogP contribution in [0.15, 0.2) is 29.6 Å². The van der Waals surface area contributed by atoms with Gasteiger partial charge in [-0.15, -0.1) is 11.3 Å². The third-order valence-corrected chi connectivity index (χ3v) is 2.46. The molecular weight excluding hydrogens is 166 g/mol. The van der Waals surface area contributed by atoms with Gasteiger partial charge in [0.25, 0.3) is 0 Å². The van der Waals surface area contributed by atoms with Gasteiger partial charge in [-0.1, -0.05) is 13.5 Å². The molecule has 2 heteroatoms. The Bertz CT molecular complexity index is 423. The van der Waals surface area contributed by atoms with E-state index in [2.05, 4.69) is 12.1 Å². The maximum absolute atomic E-state index is 8.59. The third kappa shape index (κ3) is 1.32. The van der Waals surface area contributed by atoms with Gasteiger partial charge in [0.1, 0.15) is 0 Å². The average Bonchev–Trinajstić information content (AvgIpc) is 2.50. The summed E-state index contributed by atoms with van der Waals surface area (Å²) in [5, 5.41) is 11.8. The van der Waals surface area contributed by atoms with Gasteiger partial charge in [-0.05, 0) is 29.0 Å². The first kappa shape index (κ1) is 8.76. The van der Waals surface area contributed by atoms with E-state index in [0.717, 1.165) is 5.56 Å². The second kappa shape index (κ2) is 3.38. The Morgan fingerprint density at radius 3 is 2.83 bits per heavy atom. The highest BCUT2D eigenvalue weighted by molar-refractivity contribution is 7.17. The first-order valence-corrected chi connectivity index (χ1v) is 4.15. The lowest BCUT2D eigenvalue weighted by Crippen LogP contribution is -1.69. The fraction of sp³-hybridized carbons (Fsp3) is 0.100. The highest BCUT2D eigenvalue weighted by atomic mass is 32.1. The smallest absolute Gasteiger partial charge is 0.0992 e. The summed E-state index contributed by atoms with van der Waals surface area (Å²) in [5.41, 5.74) is 0.736. The summed E-state index contributed by atoms with van der Waals surface area (Å²) in [6, 6.07) is 9.91. The number of nitrogens with zero attached hydrogens (tertiary/aromatic N) is 1. The lowest BCUT2D eigenvalue weighted by molar-refractivity contribution is 1.50. The topological polar surface area (TPSA) is 23.8 Å². The summed E-state index contributed by atoms with van der Waals surface area (Å²) in [4.78, 5) is 0. The van der Waals surface area contributed by atoms with E-state index in [1.807, 2.05) is 23.6 Å². The number of nitriles is 1. The van der Waals surface area contributed by atoms with Gasteiger partial charge in [-0.25, -0.2) is 0 Å². The van der Waals surface area contributed by atoms with Crippen LogP contribution in [0.4, 0.5) is 0 Å². The predicted molar refractivity (Wildman–Crippen MR) is 53.3 cm³/mol. The van der Waals surface area contributed by atoms with E-state index >= 15 is 0 Å². The molecule has 0 amide bonds. The van der Waals surface area contributed by atoms with E-state index in [9.17, 15) is 0 Å². The Kier molecular flexibility index (Phi) is 2.47. The fourth-order valence-corrected chi connectivity index (χ4v) is 1.85. The lowest BCUT2D eigenvalue weighted by Gasteiger charge is -1.87. The normalized spacial score (nSPS) is 8.92. The van der Waals surface area contributed by atoms with Crippen LogP contribution in [0.2, 0.25) is 0 Å². The van der Waals surface area contributed by atoms with Crippen LogP contribution in [-0.2, 0) is 0 Å². The zero-order valence-electron chi connectivity index (χ0n) is 5.74. The van der Waals surface area contributed by atoms with Crippen LogP contribution in [0.3, 0.4) is 0 Å². The van der Waals surface area contributed by atoms with Crippen molar-refractivity contribution in [3.8, 4) is 6.07 Å². The van der Waals surface area contributed by atoms with Gasteiger partial charge in [0.05, 0.1) is 11.6 Å². The summed E-state index contributed by atoms with van der Waals surface area (Å²) in [6.45, 7) is 0. The van der Waals surface area contributed by atoms with Crippen LogP contribution in [0, 0.1) is 11.3 Å². The molecule has 1 aromatic carbocycles. The summed E-state index contributed by atoms with van der Waals surface area (Å²) < 4.78 is 1.18. The Morgan fingerprint density at radius 1 is 1.25 bits per heavy atom. The van der Waals surface area contributed by atoms with E-state index in [1.54, 1.807) is 11.3 Å². The average molecular weight is 175 g/mol. The Morgan fingerprint density at radius 2 is 2.08 bits per heavy atom. The molecule has 0 atom stereocenters. The molecule has 12 heavy (non-hydrogen) atoms. The second-order valence-electron chi connectivity index (χ2n) is 2.29. The van der Waals surface area contributed by atoms with Gasteiger partial charge in [0.2, 0.25) is 0 Å². The van der Waals surface area contributed by atoms with E-state index in [1.165, 1.54) is 10.1 Å². The molecule has 0 N–H and O–H groups in total. The molecule has 0 spiro atoms. The Hall–Kier alpha value is -1.33. The highest BCUT2D eigenvalue weighted by Gasteiger charge is 1.94. The van der Waals surface area contributed by atoms with Gasteiger partial charge >= 0.3 is 0 Å². The largest absolute Gasteiger partial charge is 0.192 e. The summed E-state index contributed by atoms with van der Waals surface area (Å²) in [6.07, 6.45) is 0. The minimum atomic E-state index is 0. The van der Waals surface area contributed by atoms with Gasteiger partial charge in [0, 0.05) is 4.70 Å².